The first-order valence-electron chi connectivity index (χ1n) is 8.77. The van der Waals surface area contributed by atoms with Gasteiger partial charge in [0.05, 0.1) is 5.92 Å². The number of nitrogens with one attached hydrogen (secondary N) is 1. The Kier molecular flexibility index (Phi) is 4.57. The fourth-order valence-corrected chi connectivity index (χ4v) is 4.62. The molecule has 7 atom stereocenters. The highest BCUT2D eigenvalue weighted by atomic mass is 31.0. The van der Waals surface area contributed by atoms with Gasteiger partial charge in [-0.3, -0.25) is 9.59 Å². The number of hydrogen-bond donors (Lipinski definition) is 1. The molecule has 1 heterocycles. The van der Waals surface area contributed by atoms with Crippen LogP contribution in [0.1, 0.15) is 46.0 Å². The molecule has 3 rings (SSSR count). The SMILES string of the molecule is C=C(CCC(=O)NCC1C2CC3C(=O)OC1C3C2)C(C)(P)CC. The molecule has 1 aliphatic heterocycles. The summed E-state index contributed by atoms with van der Waals surface area (Å²) >= 11 is 0. The van der Waals surface area contributed by atoms with Crippen LogP contribution in [-0.2, 0) is 14.3 Å². The average Bonchev–Trinajstić information content (AvgIpc) is 3.13. The summed E-state index contributed by atoms with van der Waals surface area (Å²) in [6.07, 6.45) is 4.31. The van der Waals surface area contributed by atoms with E-state index in [0.717, 1.165) is 31.3 Å². The molecule has 0 radical (unpaired) electrons. The van der Waals surface area contributed by atoms with Gasteiger partial charge in [0.15, 0.2) is 0 Å². The summed E-state index contributed by atoms with van der Waals surface area (Å²) in [5, 5.41) is 3.07. The number of allylic oxidation sites excluding steroid dienone is 1. The number of ether oxygens (including phenoxy) is 1. The molecule has 2 saturated carbocycles. The largest absolute Gasteiger partial charge is 0.461 e. The second kappa shape index (κ2) is 6.20. The number of esters is 1. The van der Waals surface area contributed by atoms with Crippen LogP contribution in [-0.4, -0.2) is 29.7 Å². The van der Waals surface area contributed by atoms with Crippen molar-refractivity contribution < 1.29 is 14.3 Å². The lowest BCUT2D eigenvalue weighted by Gasteiger charge is -2.26. The van der Waals surface area contributed by atoms with E-state index in [1.54, 1.807) is 0 Å². The fourth-order valence-electron chi connectivity index (χ4n) is 4.48. The number of fused-ring (bicyclic) bond motifs is 1. The van der Waals surface area contributed by atoms with Crippen LogP contribution in [0.2, 0.25) is 0 Å². The van der Waals surface area contributed by atoms with Gasteiger partial charge in [-0.2, -0.15) is 0 Å². The summed E-state index contributed by atoms with van der Waals surface area (Å²) in [6, 6.07) is 0. The monoisotopic (exact) mass is 337 g/mol. The van der Waals surface area contributed by atoms with Gasteiger partial charge in [0.2, 0.25) is 5.91 Å². The lowest BCUT2D eigenvalue weighted by molar-refractivity contribution is -0.144. The third kappa shape index (κ3) is 3.07. The van der Waals surface area contributed by atoms with Crippen molar-refractivity contribution in [2.45, 2.75) is 57.2 Å². The third-order valence-corrected chi connectivity index (χ3v) is 7.20. The van der Waals surface area contributed by atoms with Crippen molar-refractivity contribution in [3.05, 3.63) is 12.2 Å². The van der Waals surface area contributed by atoms with Crippen molar-refractivity contribution >= 4 is 21.1 Å². The average molecular weight is 337 g/mol. The van der Waals surface area contributed by atoms with Crippen molar-refractivity contribution in [2.75, 3.05) is 6.54 Å². The van der Waals surface area contributed by atoms with E-state index in [4.69, 9.17) is 4.74 Å². The lowest BCUT2D eigenvalue weighted by Crippen LogP contribution is -2.38. The van der Waals surface area contributed by atoms with Crippen LogP contribution < -0.4 is 5.32 Å². The predicted octanol–water partition coefficient (Wildman–Crippen LogP) is 2.68. The minimum atomic E-state index is -0.00748. The summed E-state index contributed by atoms with van der Waals surface area (Å²) in [5.41, 5.74) is 1.10. The van der Waals surface area contributed by atoms with E-state index in [1.807, 2.05) is 0 Å². The molecule has 0 spiro atoms. The minimum Gasteiger partial charge on any atom is -0.461 e. The predicted molar refractivity (Wildman–Crippen MR) is 92.9 cm³/mol. The molecule has 0 aromatic rings. The molecule has 23 heavy (non-hydrogen) atoms. The molecule has 1 amide bonds. The zero-order valence-corrected chi connectivity index (χ0v) is 15.3. The van der Waals surface area contributed by atoms with E-state index in [2.05, 4.69) is 35.0 Å². The highest BCUT2D eigenvalue weighted by Crippen LogP contribution is 2.57. The number of carbonyl (C=O) groups excluding carboxylic acids is 2. The maximum atomic E-state index is 12.1. The van der Waals surface area contributed by atoms with E-state index in [0.29, 0.717) is 30.7 Å². The second-order valence-corrected chi connectivity index (χ2v) is 9.02. The summed E-state index contributed by atoms with van der Waals surface area (Å²) in [6.45, 7) is 9.03. The maximum absolute atomic E-state index is 12.1. The molecule has 3 aliphatic rings. The van der Waals surface area contributed by atoms with Gasteiger partial charge in [-0.25, -0.2) is 0 Å². The van der Waals surface area contributed by atoms with Gasteiger partial charge in [-0.05, 0) is 31.6 Å². The lowest BCUT2D eigenvalue weighted by atomic mass is 9.82. The minimum absolute atomic E-state index is 0.00748. The Hall–Kier alpha value is -0.890. The molecule has 128 valence electrons. The normalized spacial score (nSPS) is 36.7. The Bertz CT molecular complexity index is 530. The van der Waals surface area contributed by atoms with Crippen molar-refractivity contribution in [3.8, 4) is 0 Å². The first-order chi connectivity index (χ1) is 10.8. The molecule has 1 saturated heterocycles. The quantitative estimate of drug-likeness (QED) is 0.441. The molecule has 0 aromatic heterocycles. The molecule has 2 aliphatic carbocycles. The van der Waals surface area contributed by atoms with Crippen LogP contribution in [0.15, 0.2) is 12.2 Å². The Labute approximate surface area is 141 Å². The second-order valence-electron chi connectivity index (χ2n) is 7.75. The number of carbonyl (C=O) groups is 2. The zero-order chi connectivity index (χ0) is 16.8. The van der Waals surface area contributed by atoms with Crippen molar-refractivity contribution in [3.63, 3.8) is 0 Å². The summed E-state index contributed by atoms with van der Waals surface area (Å²) < 4.78 is 5.53. The molecule has 2 bridgehead atoms. The van der Waals surface area contributed by atoms with Crippen LogP contribution in [0.25, 0.3) is 0 Å². The van der Waals surface area contributed by atoms with E-state index in [1.165, 1.54) is 0 Å². The molecule has 0 aromatic carbocycles. The fraction of sp³-hybridized carbons (Fsp3) is 0.778. The van der Waals surface area contributed by atoms with Crippen molar-refractivity contribution in [2.24, 2.45) is 23.7 Å². The zero-order valence-electron chi connectivity index (χ0n) is 14.1. The Balaban J connectivity index is 1.44. The van der Waals surface area contributed by atoms with Crippen LogP contribution in [0, 0.1) is 23.7 Å². The molecular formula is C18H28NO3P. The standard InChI is InChI=1S/C18H28NO3P/c1-4-18(3,23)10(2)5-6-15(20)19-9-14-11-7-12-13(8-11)17(21)22-16(12)14/h11-14,16H,2,4-9,23H2,1,3H3,(H,19,20). The Morgan fingerprint density at radius 2 is 2.17 bits per heavy atom. The van der Waals surface area contributed by atoms with Gasteiger partial charge in [0, 0.05) is 30.0 Å². The summed E-state index contributed by atoms with van der Waals surface area (Å²) in [5.74, 6) is 1.49. The number of amides is 1. The first kappa shape index (κ1) is 17.0. The Morgan fingerprint density at radius 3 is 2.87 bits per heavy atom. The van der Waals surface area contributed by atoms with Gasteiger partial charge in [-0.1, -0.05) is 26.0 Å². The van der Waals surface area contributed by atoms with E-state index in [9.17, 15) is 9.59 Å². The molecule has 7 unspecified atom stereocenters. The third-order valence-electron chi connectivity index (χ3n) is 6.38. The van der Waals surface area contributed by atoms with Crippen molar-refractivity contribution in [1.29, 1.82) is 0 Å². The van der Waals surface area contributed by atoms with Gasteiger partial charge >= 0.3 is 5.97 Å². The van der Waals surface area contributed by atoms with Crippen LogP contribution >= 0.6 is 9.24 Å². The molecule has 5 heteroatoms. The van der Waals surface area contributed by atoms with Gasteiger partial charge in [0.25, 0.3) is 0 Å². The van der Waals surface area contributed by atoms with E-state index < -0.39 is 0 Å². The van der Waals surface area contributed by atoms with Gasteiger partial charge in [0.1, 0.15) is 6.10 Å². The van der Waals surface area contributed by atoms with Crippen LogP contribution in [0.3, 0.4) is 0 Å². The maximum Gasteiger partial charge on any atom is 0.309 e. The van der Waals surface area contributed by atoms with Crippen LogP contribution in [0.5, 0.6) is 0 Å². The molecule has 1 N–H and O–H groups in total. The molecule has 3 fully saturated rings. The smallest absolute Gasteiger partial charge is 0.309 e. The summed E-state index contributed by atoms with van der Waals surface area (Å²) in [4.78, 5) is 23.9. The molecular weight excluding hydrogens is 309 g/mol. The van der Waals surface area contributed by atoms with Crippen molar-refractivity contribution in [1.82, 2.24) is 5.32 Å². The highest BCUT2D eigenvalue weighted by molar-refractivity contribution is 7.19. The van der Waals surface area contributed by atoms with Crippen LogP contribution in [0.4, 0.5) is 0 Å². The number of rotatable bonds is 7. The Morgan fingerprint density at radius 1 is 1.43 bits per heavy atom. The topological polar surface area (TPSA) is 55.4 Å². The molecule has 4 nitrogen and oxygen atoms in total. The van der Waals surface area contributed by atoms with Gasteiger partial charge in [-0.15, -0.1) is 9.24 Å². The summed E-state index contributed by atoms with van der Waals surface area (Å²) in [7, 11) is 2.83. The van der Waals surface area contributed by atoms with Gasteiger partial charge < -0.3 is 10.1 Å². The number of hydrogen-bond acceptors (Lipinski definition) is 3. The van der Waals surface area contributed by atoms with E-state index in [-0.39, 0.29) is 29.1 Å². The first-order valence-corrected chi connectivity index (χ1v) is 9.35. The highest BCUT2D eigenvalue weighted by Gasteiger charge is 2.61. The van der Waals surface area contributed by atoms with E-state index >= 15 is 0 Å².